The van der Waals surface area contributed by atoms with Crippen LogP contribution < -0.4 is 5.56 Å². The van der Waals surface area contributed by atoms with Crippen molar-refractivity contribution in [2.24, 2.45) is 0 Å². The van der Waals surface area contributed by atoms with E-state index in [0.717, 1.165) is 6.08 Å². The second-order valence-corrected chi connectivity index (χ2v) is 4.23. The molecule has 0 aliphatic heterocycles. The number of aliphatic hydroxyl groups excluding tert-OH is 1. The number of hydrogen-bond acceptors (Lipinski definition) is 3. The largest absolute Gasteiger partial charge is 0.507 e. The molecule has 0 aliphatic carbocycles. The topological polar surface area (TPSA) is 75.1 Å². The van der Waals surface area contributed by atoms with Gasteiger partial charge in [-0.15, -0.1) is 0 Å². The second kappa shape index (κ2) is 4.97. The van der Waals surface area contributed by atoms with Gasteiger partial charge in [-0.2, -0.15) is 0 Å². The van der Waals surface area contributed by atoms with Gasteiger partial charge in [0.1, 0.15) is 11.3 Å². The summed E-state index contributed by atoms with van der Waals surface area (Å²) in [5, 5.41) is 12.7. The fraction of sp³-hybridized carbons (Fsp3) is 0.143. The number of para-hydroxylation sites is 1. The molecule has 98 valence electrons. The maximum atomic E-state index is 12.2. The Kier molecular flexibility index (Phi) is 3.37. The molecule has 0 saturated carbocycles. The summed E-state index contributed by atoms with van der Waals surface area (Å²) in [6, 6.07) is 9.00. The summed E-state index contributed by atoms with van der Waals surface area (Å²) in [7, 11) is 0. The number of aliphatic hydroxyl groups is 1. The number of nitrogens with zero attached hydrogens (tertiary/aromatic N) is 1. The van der Waals surface area contributed by atoms with Crippen molar-refractivity contribution < 1.29 is 9.90 Å². The van der Waals surface area contributed by atoms with Crippen molar-refractivity contribution in [2.45, 2.75) is 13.8 Å². The van der Waals surface area contributed by atoms with Gasteiger partial charge in [-0.25, -0.2) is 4.68 Å². The van der Waals surface area contributed by atoms with E-state index in [0.29, 0.717) is 11.4 Å². The van der Waals surface area contributed by atoms with Crippen LogP contribution in [-0.2, 0) is 4.79 Å². The third-order valence-electron chi connectivity index (χ3n) is 2.68. The van der Waals surface area contributed by atoms with Gasteiger partial charge in [-0.3, -0.25) is 14.7 Å². The van der Waals surface area contributed by atoms with Crippen molar-refractivity contribution >= 4 is 11.5 Å². The van der Waals surface area contributed by atoms with E-state index < -0.39 is 5.56 Å². The molecular formula is C14H14N2O3. The molecule has 0 spiro atoms. The van der Waals surface area contributed by atoms with Crippen LogP contribution in [0.4, 0.5) is 0 Å². The van der Waals surface area contributed by atoms with E-state index in [1.807, 2.05) is 18.2 Å². The highest BCUT2D eigenvalue weighted by Crippen LogP contribution is 2.13. The minimum Gasteiger partial charge on any atom is -0.507 e. The molecule has 2 N–H and O–H groups in total. The summed E-state index contributed by atoms with van der Waals surface area (Å²) in [6.45, 7) is 2.98. The molecule has 1 aromatic carbocycles. The summed E-state index contributed by atoms with van der Waals surface area (Å²) in [4.78, 5) is 23.2. The first-order chi connectivity index (χ1) is 9.00. The number of aryl methyl sites for hydroxylation is 1. The Morgan fingerprint density at radius 1 is 1.32 bits per heavy atom. The molecule has 0 unspecified atom stereocenters. The van der Waals surface area contributed by atoms with Crippen molar-refractivity contribution in [3.05, 3.63) is 58.0 Å². The molecule has 0 fully saturated rings. The molecule has 5 heteroatoms. The molecule has 0 aliphatic rings. The smallest absolute Gasteiger partial charge is 0.282 e. The fourth-order valence-electron chi connectivity index (χ4n) is 1.87. The van der Waals surface area contributed by atoms with Crippen LogP contribution in [0.1, 0.15) is 18.2 Å². The van der Waals surface area contributed by atoms with Crippen LogP contribution in [0.2, 0.25) is 0 Å². The monoisotopic (exact) mass is 258 g/mol. The highest BCUT2D eigenvalue weighted by molar-refractivity contribution is 5.93. The highest BCUT2D eigenvalue weighted by Gasteiger charge is 2.16. The van der Waals surface area contributed by atoms with E-state index in [-0.39, 0.29) is 17.1 Å². The van der Waals surface area contributed by atoms with E-state index >= 15 is 0 Å². The second-order valence-electron chi connectivity index (χ2n) is 4.23. The van der Waals surface area contributed by atoms with Gasteiger partial charge in [0.2, 0.25) is 0 Å². The maximum absolute atomic E-state index is 12.2. The Morgan fingerprint density at radius 3 is 2.53 bits per heavy atom. The normalized spacial score (nSPS) is 11.6. The van der Waals surface area contributed by atoms with E-state index in [4.69, 9.17) is 0 Å². The number of rotatable bonds is 3. The summed E-state index contributed by atoms with van der Waals surface area (Å²) in [5.41, 5.74) is 0.888. The molecule has 0 saturated heterocycles. The van der Waals surface area contributed by atoms with Gasteiger partial charge in [0.15, 0.2) is 5.78 Å². The predicted molar refractivity (Wildman–Crippen MR) is 72.4 cm³/mol. The molecule has 0 radical (unpaired) electrons. The van der Waals surface area contributed by atoms with Crippen molar-refractivity contribution in [3.8, 4) is 5.69 Å². The number of hydrogen-bond donors (Lipinski definition) is 2. The minimum atomic E-state index is -0.390. The lowest BCUT2D eigenvalue weighted by Gasteiger charge is -1.99. The average Bonchev–Trinajstić information content (AvgIpc) is 2.65. The lowest BCUT2D eigenvalue weighted by Crippen LogP contribution is -2.17. The summed E-state index contributed by atoms with van der Waals surface area (Å²) < 4.78 is 1.33. The van der Waals surface area contributed by atoms with E-state index in [2.05, 4.69) is 5.10 Å². The first-order valence-electron chi connectivity index (χ1n) is 5.79. The van der Waals surface area contributed by atoms with Crippen LogP contribution >= 0.6 is 0 Å². The third kappa shape index (κ3) is 2.49. The van der Waals surface area contributed by atoms with Crippen LogP contribution in [0.5, 0.6) is 0 Å². The molecule has 0 bridgehead atoms. The van der Waals surface area contributed by atoms with Crippen molar-refractivity contribution in [3.63, 3.8) is 0 Å². The molecule has 19 heavy (non-hydrogen) atoms. The summed E-state index contributed by atoms with van der Waals surface area (Å²) in [6.07, 6.45) is 1.03. The molecule has 0 amide bonds. The number of H-pyrrole nitrogens is 1. The van der Waals surface area contributed by atoms with Gasteiger partial charge >= 0.3 is 0 Å². The third-order valence-corrected chi connectivity index (χ3v) is 2.68. The van der Waals surface area contributed by atoms with Gasteiger partial charge in [0.05, 0.1) is 5.69 Å². The predicted octanol–water partition coefficient (Wildman–Crippen LogP) is 1.96. The number of aromatic amines is 1. The molecule has 2 rings (SSSR count). The van der Waals surface area contributed by atoms with Crippen LogP contribution in [0.15, 0.2) is 41.2 Å². The number of nitrogens with one attached hydrogen (secondary N) is 1. The Balaban J connectivity index is 2.59. The van der Waals surface area contributed by atoms with Crippen LogP contribution in [0.3, 0.4) is 0 Å². The minimum absolute atomic E-state index is 0.110. The lowest BCUT2D eigenvalue weighted by atomic mass is 10.2. The zero-order valence-corrected chi connectivity index (χ0v) is 10.7. The zero-order valence-electron chi connectivity index (χ0n) is 10.7. The molecule has 1 aromatic heterocycles. The molecule has 1 heterocycles. The lowest BCUT2D eigenvalue weighted by molar-refractivity contribution is -0.112. The first kappa shape index (κ1) is 12.9. The Morgan fingerprint density at radius 2 is 1.95 bits per heavy atom. The van der Waals surface area contributed by atoms with E-state index in [1.54, 1.807) is 19.1 Å². The Bertz CT molecular complexity index is 693. The Hall–Kier alpha value is -2.56. The fourth-order valence-corrected chi connectivity index (χ4v) is 1.87. The quantitative estimate of drug-likeness (QED) is 0.652. The van der Waals surface area contributed by atoms with Crippen molar-refractivity contribution in [2.75, 3.05) is 0 Å². The number of aromatic nitrogens is 2. The number of carbonyl (C=O) groups excluding carboxylic acids is 1. The molecular weight excluding hydrogens is 244 g/mol. The number of carbonyl (C=O) groups is 1. The first-order valence-corrected chi connectivity index (χ1v) is 5.79. The standard InChI is InChI=1S/C14H14N2O3/c1-9(17)8-12(18)13-10(2)15-16(14(13)19)11-6-4-3-5-7-11/h3-8,15,18H,1-2H3/b12-8-. The highest BCUT2D eigenvalue weighted by atomic mass is 16.3. The van der Waals surface area contributed by atoms with Gasteiger partial charge in [0.25, 0.3) is 5.56 Å². The number of ketones is 1. The van der Waals surface area contributed by atoms with Gasteiger partial charge in [0, 0.05) is 11.8 Å². The molecule has 0 atom stereocenters. The maximum Gasteiger partial charge on any atom is 0.282 e. The van der Waals surface area contributed by atoms with Crippen LogP contribution in [0, 0.1) is 6.92 Å². The summed E-state index contributed by atoms with van der Waals surface area (Å²) >= 11 is 0. The molecule has 5 nitrogen and oxygen atoms in total. The van der Waals surface area contributed by atoms with Crippen LogP contribution in [-0.4, -0.2) is 20.7 Å². The van der Waals surface area contributed by atoms with Gasteiger partial charge in [-0.1, -0.05) is 18.2 Å². The van der Waals surface area contributed by atoms with Crippen molar-refractivity contribution in [1.29, 1.82) is 0 Å². The molecule has 2 aromatic rings. The summed E-state index contributed by atoms with van der Waals surface area (Å²) in [5.74, 6) is -0.635. The van der Waals surface area contributed by atoms with Gasteiger partial charge in [-0.05, 0) is 26.0 Å². The van der Waals surface area contributed by atoms with Gasteiger partial charge < -0.3 is 5.11 Å². The zero-order chi connectivity index (χ0) is 14.0. The van der Waals surface area contributed by atoms with Crippen molar-refractivity contribution in [1.82, 2.24) is 9.78 Å². The van der Waals surface area contributed by atoms with Crippen LogP contribution in [0.25, 0.3) is 11.4 Å². The average molecular weight is 258 g/mol. The SMILES string of the molecule is CC(=O)/C=C(\O)c1c(C)[nH]n(-c2ccccc2)c1=O. The van der Waals surface area contributed by atoms with E-state index in [9.17, 15) is 14.7 Å². The van der Waals surface area contributed by atoms with E-state index in [1.165, 1.54) is 11.6 Å². The number of allylic oxidation sites excluding steroid dienone is 1. The number of benzene rings is 1. The Labute approximate surface area is 109 Å².